The molecule has 1 saturated heterocycles. The third-order valence-corrected chi connectivity index (χ3v) is 7.54. The van der Waals surface area contributed by atoms with Gasteiger partial charge in [0, 0.05) is 5.69 Å². The molecule has 40 heavy (non-hydrogen) atoms. The van der Waals surface area contributed by atoms with Crippen LogP contribution in [0.1, 0.15) is 33.3 Å². The van der Waals surface area contributed by atoms with Crippen LogP contribution in [0.25, 0.3) is 28.0 Å². The maximum Gasteiger partial charge on any atom is 0.494 e. The highest BCUT2D eigenvalue weighted by atomic mass is 16.7. The van der Waals surface area contributed by atoms with Gasteiger partial charge in [0.15, 0.2) is 5.82 Å². The highest BCUT2D eigenvalue weighted by molar-refractivity contribution is 6.62. The number of rotatable bonds is 4. The highest BCUT2D eigenvalue weighted by Gasteiger charge is 2.51. The first-order valence-corrected chi connectivity index (χ1v) is 12.8. The van der Waals surface area contributed by atoms with Gasteiger partial charge in [0.25, 0.3) is 5.56 Å². The second-order valence-electron chi connectivity index (χ2n) is 10.7. The van der Waals surface area contributed by atoms with Crippen LogP contribution in [0.3, 0.4) is 0 Å². The van der Waals surface area contributed by atoms with Crippen LogP contribution in [0.2, 0.25) is 0 Å². The Morgan fingerprint density at radius 2 is 1.65 bits per heavy atom. The molecule has 0 aliphatic carbocycles. The van der Waals surface area contributed by atoms with Gasteiger partial charge >= 0.3 is 12.8 Å². The van der Waals surface area contributed by atoms with Gasteiger partial charge in [-0.3, -0.25) is 14.3 Å². The van der Waals surface area contributed by atoms with Crippen molar-refractivity contribution in [2.24, 2.45) is 0 Å². The molecular formula is C30H25BN4O5. The largest absolute Gasteiger partial charge is 0.494 e. The monoisotopic (exact) mass is 532 g/mol. The molecule has 6 rings (SSSR count). The standard InChI is InChI=1S/C30H25BN4O5/c1-29(2)30(3,4)40-31(39-29)20-6-5-7-23(16-20)38-22-12-10-21(11-13-22)35-25-14-18(17-32)8-9-19(25)15-24-26(35)33-28(37)34-27(24)36/h5-16H,1-4H3,(H,34,36,37). The van der Waals surface area contributed by atoms with Gasteiger partial charge in [0.1, 0.15) is 11.5 Å². The number of pyridine rings is 1. The lowest BCUT2D eigenvalue weighted by Gasteiger charge is -2.32. The van der Waals surface area contributed by atoms with Crippen LogP contribution in [0.15, 0.2) is 82.4 Å². The lowest BCUT2D eigenvalue weighted by molar-refractivity contribution is 0.00578. The van der Waals surface area contributed by atoms with Gasteiger partial charge in [-0.05, 0) is 93.1 Å². The van der Waals surface area contributed by atoms with Crippen LogP contribution >= 0.6 is 0 Å². The average molecular weight is 532 g/mol. The van der Waals surface area contributed by atoms with E-state index in [0.717, 1.165) is 10.8 Å². The third kappa shape index (κ3) is 4.35. The van der Waals surface area contributed by atoms with Gasteiger partial charge in [-0.25, -0.2) is 4.79 Å². The second-order valence-corrected chi connectivity index (χ2v) is 10.7. The molecule has 0 bridgehead atoms. The zero-order chi connectivity index (χ0) is 28.2. The first-order valence-electron chi connectivity index (χ1n) is 12.8. The molecule has 0 aromatic heterocycles. The maximum absolute atomic E-state index is 12.6. The number of nitrogens with one attached hydrogen (secondary N) is 1. The Labute approximate surface area is 230 Å². The maximum atomic E-state index is 12.6. The Morgan fingerprint density at radius 1 is 0.925 bits per heavy atom. The molecule has 3 aromatic rings. The fourth-order valence-electron chi connectivity index (χ4n) is 4.71. The van der Waals surface area contributed by atoms with E-state index in [0.29, 0.717) is 28.3 Å². The number of aromatic nitrogens is 3. The van der Waals surface area contributed by atoms with Crippen LogP contribution in [-0.4, -0.2) is 32.9 Å². The van der Waals surface area contributed by atoms with Crippen LogP contribution in [0, 0.1) is 11.3 Å². The summed E-state index contributed by atoms with van der Waals surface area (Å²) < 4.78 is 20.2. The van der Waals surface area contributed by atoms with Crippen molar-refractivity contribution in [3.63, 3.8) is 0 Å². The number of H-pyrrole nitrogens is 1. The predicted octanol–water partition coefficient (Wildman–Crippen LogP) is 4.14. The Hall–Kier alpha value is -4.72. The van der Waals surface area contributed by atoms with E-state index < -0.39 is 29.6 Å². The lowest BCUT2D eigenvalue weighted by Crippen LogP contribution is -2.41. The van der Waals surface area contributed by atoms with Crippen molar-refractivity contribution in [3.05, 3.63) is 99.2 Å². The quantitative estimate of drug-likeness (QED) is 0.273. The van der Waals surface area contributed by atoms with E-state index in [9.17, 15) is 14.9 Å². The Kier molecular flexibility index (Phi) is 5.87. The Morgan fingerprint density at radius 3 is 2.35 bits per heavy atom. The summed E-state index contributed by atoms with van der Waals surface area (Å²) in [6.45, 7) is 8.04. The summed E-state index contributed by atoms with van der Waals surface area (Å²) in [6, 6.07) is 23.7. The number of benzene rings is 3. The summed E-state index contributed by atoms with van der Waals surface area (Å²) in [7, 11) is -0.508. The summed E-state index contributed by atoms with van der Waals surface area (Å²) in [5.41, 5.74) is 0.646. The van der Waals surface area contributed by atoms with Crippen LogP contribution in [0.5, 0.6) is 11.5 Å². The van der Waals surface area contributed by atoms with Crippen LogP contribution in [-0.2, 0) is 9.31 Å². The molecule has 0 atom stereocenters. The molecule has 198 valence electrons. The first kappa shape index (κ1) is 25.6. The van der Waals surface area contributed by atoms with Crippen molar-refractivity contribution in [2.75, 3.05) is 0 Å². The molecule has 3 aliphatic heterocycles. The molecule has 0 unspecified atom stereocenters. The summed E-state index contributed by atoms with van der Waals surface area (Å²) in [5.74, 6) is 1.39. The third-order valence-electron chi connectivity index (χ3n) is 7.54. The van der Waals surface area contributed by atoms with E-state index in [2.05, 4.69) is 16.0 Å². The van der Waals surface area contributed by atoms with Crippen molar-refractivity contribution >= 4 is 23.5 Å². The molecule has 1 fully saturated rings. The minimum atomic E-state index is -0.746. The number of nitrogens with zero attached hydrogens (tertiary/aromatic N) is 3. The molecule has 0 amide bonds. The first-order chi connectivity index (χ1) is 19.0. The SMILES string of the molecule is CC1(C)OB(c2cccc(Oc3ccc(-n4c5nc(=O)[nH]c(=O)c-5cc5ccc(C#N)cc54)cc3)c2)OC1(C)C. The minimum absolute atomic E-state index is 0.195. The van der Waals surface area contributed by atoms with Crippen molar-refractivity contribution in [3.8, 4) is 34.6 Å². The van der Waals surface area contributed by atoms with Crippen LogP contribution in [0.4, 0.5) is 0 Å². The molecule has 3 aliphatic rings. The molecule has 9 nitrogen and oxygen atoms in total. The van der Waals surface area contributed by atoms with Crippen molar-refractivity contribution in [1.82, 2.24) is 14.5 Å². The summed E-state index contributed by atoms with van der Waals surface area (Å²) >= 11 is 0. The van der Waals surface area contributed by atoms with Crippen LogP contribution < -0.4 is 21.4 Å². The van der Waals surface area contributed by atoms with Crippen molar-refractivity contribution in [2.45, 2.75) is 38.9 Å². The minimum Gasteiger partial charge on any atom is -0.457 e. The molecule has 0 saturated carbocycles. The van der Waals surface area contributed by atoms with Gasteiger partial charge in [-0.15, -0.1) is 0 Å². The van der Waals surface area contributed by atoms with E-state index >= 15 is 0 Å². The summed E-state index contributed by atoms with van der Waals surface area (Å²) in [4.78, 5) is 31.0. The topological polar surface area (TPSA) is 119 Å². The number of ether oxygens (including phenoxy) is 1. The Balaban J connectivity index is 1.36. The zero-order valence-electron chi connectivity index (χ0n) is 22.4. The fraction of sp³-hybridized carbons (Fsp3) is 0.200. The number of nitriles is 1. The van der Waals surface area contributed by atoms with E-state index in [-0.39, 0.29) is 11.4 Å². The number of fused-ring (bicyclic) bond motifs is 2. The molecule has 1 N–H and O–H groups in total. The second kappa shape index (κ2) is 9.19. The highest BCUT2D eigenvalue weighted by Crippen LogP contribution is 2.37. The van der Waals surface area contributed by atoms with E-state index in [1.807, 2.05) is 52.0 Å². The summed E-state index contributed by atoms with van der Waals surface area (Å²) in [5, 5.41) is 10.2. The molecule has 0 spiro atoms. The smallest absolute Gasteiger partial charge is 0.457 e. The average Bonchev–Trinajstić information content (AvgIpc) is 3.14. The zero-order valence-corrected chi connectivity index (χ0v) is 22.4. The Bertz CT molecular complexity index is 1890. The molecule has 3 heterocycles. The van der Waals surface area contributed by atoms with E-state index in [1.165, 1.54) is 0 Å². The van der Waals surface area contributed by atoms with E-state index in [1.54, 1.807) is 53.1 Å². The number of hydrogen-bond donors (Lipinski definition) is 1. The van der Waals surface area contributed by atoms with E-state index in [4.69, 9.17) is 14.0 Å². The molecule has 3 aromatic carbocycles. The molecular weight excluding hydrogens is 507 g/mol. The number of hydrogen-bond acceptors (Lipinski definition) is 7. The lowest BCUT2D eigenvalue weighted by atomic mass is 9.79. The van der Waals surface area contributed by atoms with Crippen molar-refractivity contribution in [1.29, 1.82) is 5.26 Å². The van der Waals surface area contributed by atoms with Gasteiger partial charge in [-0.2, -0.15) is 10.2 Å². The van der Waals surface area contributed by atoms with Gasteiger partial charge in [0.05, 0.1) is 33.9 Å². The molecule has 10 heteroatoms. The fourth-order valence-corrected chi connectivity index (χ4v) is 4.71. The predicted molar refractivity (Wildman–Crippen MR) is 152 cm³/mol. The van der Waals surface area contributed by atoms with Gasteiger partial charge in [-0.1, -0.05) is 18.2 Å². The normalized spacial score (nSPS) is 15.8. The van der Waals surface area contributed by atoms with Gasteiger partial charge in [0.2, 0.25) is 0 Å². The number of aromatic amines is 1. The van der Waals surface area contributed by atoms with Gasteiger partial charge < -0.3 is 14.0 Å². The molecule has 0 radical (unpaired) electrons. The van der Waals surface area contributed by atoms with Crippen molar-refractivity contribution < 1.29 is 14.0 Å². The summed E-state index contributed by atoms with van der Waals surface area (Å²) in [6.07, 6.45) is 0.